The number of benzene rings is 1. The molecule has 1 aromatic rings. The second-order valence-corrected chi connectivity index (χ2v) is 3.30. The van der Waals surface area contributed by atoms with Crippen LogP contribution < -0.4 is 0 Å². The molecule has 2 heteroatoms. The maximum Gasteiger partial charge on any atom is 0.142 e. The van der Waals surface area contributed by atoms with Gasteiger partial charge in [0.1, 0.15) is 6.29 Å². The van der Waals surface area contributed by atoms with Crippen molar-refractivity contribution in [2.24, 2.45) is 0 Å². The number of rotatable bonds is 2. The lowest BCUT2D eigenvalue weighted by Crippen LogP contribution is -1.73. The third kappa shape index (κ3) is 2.84. The first kappa shape index (κ1) is 8.46. The molecule has 0 aliphatic heterocycles. The zero-order valence-corrected chi connectivity index (χ0v) is 7.99. The number of carbonyl (C=O) groups is 1. The average Bonchev–Trinajstić information content (AvgIpc) is 2.01. The van der Waals surface area contributed by atoms with Crippen LogP contribution in [0.1, 0.15) is 5.56 Å². The molecule has 11 heavy (non-hydrogen) atoms. The molecule has 0 aromatic heterocycles. The number of aldehydes is 1. The van der Waals surface area contributed by atoms with E-state index in [0.717, 1.165) is 11.8 Å². The molecule has 0 N–H and O–H groups in total. The van der Waals surface area contributed by atoms with Gasteiger partial charge in [0.05, 0.1) is 0 Å². The van der Waals surface area contributed by atoms with Gasteiger partial charge in [-0.3, -0.25) is 4.79 Å². The van der Waals surface area contributed by atoms with E-state index in [1.54, 1.807) is 6.08 Å². The number of carbonyl (C=O) groups excluding carboxylic acids is 1. The maximum atomic E-state index is 9.97. The predicted octanol–water partition coefficient (Wildman–Crippen LogP) is 2.50. The zero-order chi connectivity index (χ0) is 8.10. The number of hydrogen-bond donors (Lipinski definition) is 0. The molecule has 0 spiro atoms. The minimum atomic E-state index is 0.778. The van der Waals surface area contributed by atoms with Gasteiger partial charge in [0.15, 0.2) is 0 Å². The third-order valence-corrected chi connectivity index (χ3v) is 1.89. The summed E-state index contributed by atoms with van der Waals surface area (Å²) >= 11 is 2.23. The molecule has 0 aliphatic rings. The highest BCUT2D eigenvalue weighted by Crippen LogP contribution is 2.08. The van der Waals surface area contributed by atoms with Crippen molar-refractivity contribution in [3.8, 4) is 0 Å². The first-order valence-electron chi connectivity index (χ1n) is 3.20. The summed E-state index contributed by atoms with van der Waals surface area (Å²) in [5.41, 5.74) is 1.06. The largest absolute Gasteiger partial charge is 0.299 e. The molecular weight excluding hydrogens is 251 g/mol. The van der Waals surface area contributed by atoms with Gasteiger partial charge >= 0.3 is 0 Å². The van der Waals surface area contributed by atoms with Crippen LogP contribution >= 0.6 is 22.6 Å². The molecule has 1 aromatic carbocycles. The Hall–Kier alpha value is -0.640. The van der Waals surface area contributed by atoms with Crippen LogP contribution in [0.2, 0.25) is 0 Å². The van der Waals surface area contributed by atoms with E-state index in [-0.39, 0.29) is 0 Å². The normalized spacial score (nSPS) is 10.3. The monoisotopic (exact) mass is 258 g/mol. The highest BCUT2D eigenvalue weighted by molar-refractivity contribution is 14.1. The van der Waals surface area contributed by atoms with Crippen LogP contribution in [0.15, 0.2) is 30.3 Å². The van der Waals surface area contributed by atoms with E-state index in [1.807, 2.05) is 24.3 Å². The Morgan fingerprint density at radius 1 is 1.36 bits per heavy atom. The number of halogens is 1. The molecule has 56 valence electrons. The van der Waals surface area contributed by atoms with Crippen LogP contribution in [-0.4, -0.2) is 6.29 Å². The Bertz CT molecular complexity index is 279. The Morgan fingerprint density at radius 3 is 2.82 bits per heavy atom. The summed E-state index contributed by atoms with van der Waals surface area (Å²) < 4.78 is 1.18. The maximum absolute atomic E-state index is 9.97. The van der Waals surface area contributed by atoms with Crippen molar-refractivity contribution in [3.63, 3.8) is 0 Å². The van der Waals surface area contributed by atoms with E-state index in [9.17, 15) is 4.79 Å². The highest BCUT2D eigenvalue weighted by atomic mass is 127. The van der Waals surface area contributed by atoms with E-state index in [4.69, 9.17) is 0 Å². The number of allylic oxidation sites excluding steroid dienone is 1. The molecule has 0 unspecified atom stereocenters. The molecule has 0 atom stereocenters. The molecule has 0 aliphatic carbocycles. The van der Waals surface area contributed by atoms with E-state index in [0.29, 0.717) is 0 Å². The molecule has 1 rings (SSSR count). The Balaban J connectivity index is 2.87. The zero-order valence-electron chi connectivity index (χ0n) is 5.83. The topological polar surface area (TPSA) is 17.1 Å². The lowest BCUT2D eigenvalue weighted by atomic mass is 10.2. The quantitative estimate of drug-likeness (QED) is 0.452. The van der Waals surface area contributed by atoms with Crippen LogP contribution in [-0.2, 0) is 4.79 Å². The van der Waals surface area contributed by atoms with Crippen molar-refractivity contribution in [3.05, 3.63) is 39.5 Å². The fourth-order valence-electron chi connectivity index (χ4n) is 0.761. The van der Waals surface area contributed by atoms with Gasteiger partial charge in [-0.25, -0.2) is 0 Å². The molecule has 1 nitrogen and oxygen atoms in total. The predicted molar refractivity (Wildman–Crippen MR) is 54.3 cm³/mol. The van der Waals surface area contributed by atoms with Gasteiger partial charge in [-0.1, -0.05) is 18.2 Å². The molecular formula is C9H7IO. The van der Waals surface area contributed by atoms with Crippen LogP contribution in [0.5, 0.6) is 0 Å². The Kier molecular flexibility index (Phi) is 3.29. The lowest BCUT2D eigenvalue weighted by Gasteiger charge is -1.91. The Morgan fingerprint density at radius 2 is 2.18 bits per heavy atom. The third-order valence-electron chi connectivity index (χ3n) is 1.22. The molecule has 0 fully saturated rings. The fourth-order valence-corrected chi connectivity index (χ4v) is 1.33. The van der Waals surface area contributed by atoms with Crippen LogP contribution in [0.3, 0.4) is 0 Å². The van der Waals surface area contributed by atoms with Gasteiger partial charge in [-0.05, 0) is 46.4 Å². The highest BCUT2D eigenvalue weighted by Gasteiger charge is 1.86. The van der Waals surface area contributed by atoms with Crippen molar-refractivity contribution < 1.29 is 4.79 Å². The molecule has 0 saturated carbocycles. The van der Waals surface area contributed by atoms with Crippen molar-refractivity contribution in [1.29, 1.82) is 0 Å². The second kappa shape index (κ2) is 4.28. The smallest absolute Gasteiger partial charge is 0.142 e. The Labute approximate surface area is 79.3 Å². The van der Waals surface area contributed by atoms with Gasteiger partial charge in [0.2, 0.25) is 0 Å². The van der Waals surface area contributed by atoms with Gasteiger partial charge in [0.25, 0.3) is 0 Å². The van der Waals surface area contributed by atoms with E-state index < -0.39 is 0 Å². The number of hydrogen-bond acceptors (Lipinski definition) is 1. The molecule has 0 amide bonds. The molecule has 0 saturated heterocycles. The summed E-state index contributed by atoms with van der Waals surface area (Å²) in [5.74, 6) is 0. The SMILES string of the molecule is O=CC=Cc1cccc(I)c1. The van der Waals surface area contributed by atoms with Crippen molar-refractivity contribution in [2.45, 2.75) is 0 Å². The lowest BCUT2D eigenvalue weighted by molar-refractivity contribution is -0.104. The van der Waals surface area contributed by atoms with Gasteiger partial charge in [0, 0.05) is 3.57 Å². The molecule has 0 radical (unpaired) electrons. The standard InChI is InChI=1S/C9H7IO/c10-9-5-1-3-8(7-9)4-2-6-11/h1-7H. The van der Waals surface area contributed by atoms with Crippen LogP contribution in [0.4, 0.5) is 0 Å². The van der Waals surface area contributed by atoms with Crippen molar-refractivity contribution >= 4 is 35.0 Å². The summed E-state index contributed by atoms with van der Waals surface area (Å²) in [6.45, 7) is 0. The molecule has 0 heterocycles. The van der Waals surface area contributed by atoms with Crippen molar-refractivity contribution in [1.82, 2.24) is 0 Å². The van der Waals surface area contributed by atoms with Gasteiger partial charge in [-0.2, -0.15) is 0 Å². The first-order chi connectivity index (χ1) is 5.33. The van der Waals surface area contributed by atoms with Gasteiger partial charge < -0.3 is 0 Å². The summed E-state index contributed by atoms with van der Waals surface area (Å²) in [6.07, 6.45) is 4.06. The minimum Gasteiger partial charge on any atom is -0.299 e. The second-order valence-electron chi connectivity index (χ2n) is 2.05. The van der Waals surface area contributed by atoms with E-state index >= 15 is 0 Å². The summed E-state index contributed by atoms with van der Waals surface area (Å²) in [7, 11) is 0. The van der Waals surface area contributed by atoms with E-state index in [2.05, 4.69) is 22.6 Å². The van der Waals surface area contributed by atoms with Gasteiger partial charge in [-0.15, -0.1) is 0 Å². The van der Waals surface area contributed by atoms with Crippen molar-refractivity contribution in [2.75, 3.05) is 0 Å². The molecule has 0 bridgehead atoms. The first-order valence-corrected chi connectivity index (χ1v) is 4.28. The fraction of sp³-hybridized carbons (Fsp3) is 0. The van der Waals surface area contributed by atoms with Crippen LogP contribution in [0, 0.1) is 3.57 Å². The summed E-state index contributed by atoms with van der Waals surface area (Å²) in [6, 6.07) is 7.95. The summed E-state index contributed by atoms with van der Waals surface area (Å²) in [4.78, 5) is 9.97. The summed E-state index contributed by atoms with van der Waals surface area (Å²) in [5, 5.41) is 0. The van der Waals surface area contributed by atoms with E-state index in [1.165, 1.54) is 9.65 Å². The average molecular weight is 258 g/mol. The van der Waals surface area contributed by atoms with Crippen LogP contribution in [0.25, 0.3) is 6.08 Å². The minimum absolute atomic E-state index is 0.778.